The van der Waals surface area contributed by atoms with Crippen molar-refractivity contribution in [2.45, 2.75) is 45.6 Å². The number of hydrogen-bond donors (Lipinski definition) is 1. The van der Waals surface area contributed by atoms with Crippen LogP contribution in [0.3, 0.4) is 0 Å². The molecule has 1 aliphatic rings. The molecule has 1 fully saturated rings. The van der Waals surface area contributed by atoms with Crippen molar-refractivity contribution in [3.8, 4) is 0 Å². The van der Waals surface area contributed by atoms with Crippen LogP contribution < -0.4 is 5.73 Å². The van der Waals surface area contributed by atoms with Gasteiger partial charge in [0.25, 0.3) is 0 Å². The lowest BCUT2D eigenvalue weighted by molar-refractivity contribution is 0.698. The average molecular weight is 230 g/mol. The summed E-state index contributed by atoms with van der Waals surface area (Å²) in [5, 5.41) is 0. The highest BCUT2D eigenvalue weighted by molar-refractivity contribution is 5.83. The maximum Gasteiger partial charge on any atom is 0.0975 e. The summed E-state index contributed by atoms with van der Waals surface area (Å²) < 4.78 is 0. The molecule has 1 saturated carbocycles. The van der Waals surface area contributed by atoms with Crippen molar-refractivity contribution >= 4 is 5.84 Å². The maximum atomic E-state index is 6.12. The second-order valence-corrected chi connectivity index (χ2v) is 5.07. The SMILES string of the molecule is Cc1ccccc1C(C)N=C(N)C1CCCC1. The first-order valence-electron chi connectivity index (χ1n) is 6.57. The summed E-state index contributed by atoms with van der Waals surface area (Å²) in [7, 11) is 0. The highest BCUT2D eigenvalue weighted by Crippen LogP contribution is 2.27. The Hall–Kier alpha value is -1.31. The molecule has 0 heterocycles. The van der Waals surface area contributed by atoms with Gasteiger partial charge >= 0.3 is 0 Å². The third kappa shape index (κ3) is 2.87. The van der Waals surface area contributed by atoms with E-state index in [1.54, 1.807) is 0 Å². The number of hydrogen-bond acceptors (Lipinski definition) is 1. The van der Waals surface area contributed by atoms with Crippen molar-refractivity contribution in [1.29, 1.82) is 0 Å². The number of aliphatic imine (C=N–C) groups is 1. The summed E-state index contributed by atoms with van der Waals surface area (Å²) in [4.78, 5) is 4.68. The molecule has 2 rings (SSSR count). The first-order valence-corrected chi connectivity index (χ1v) is 6.57. The number of benzene rings is 1. The van der Waals surface area contributed by atoms with E-state index in [0.29, 0.717) is 5.92 Å². The Morgan fingerprint density at radius 3 is 2.59 bits per heavy atom. The van der Waals surface area contributed by atoms with E-state index in [0.717, 1.165) is 5.84 Å². The summed E-state index contributed by atoms with van der Waals surface area (Å²) >= 11 is 0. The fourth-order valence-electron chi connectivity index (χ4n) is 2.68. The highest BCUT2D eigenvalue weighted by Gasteiger charge is 2.19. The Morgan fingerprint density at radius 1 is 1.29 bits per heavy atom. The first kappa shape index (κ1) is 12.2. The number of nitrogens with two attached hydrogens (primary N) is 1. The third-order valence-corrected chi connectivity index (χ3v) is 3.75. The lowest BCUT2D eigenvalue weighted by Crippen LogP contribution is -2.22. The van der Waals surface area contributed by atoms with Crippen molar-refractivity contribution in [1.82, 2.24) is 0 Å². The predicted molar refractivity (Wildman–Crippen MR) is 73.2 cm³/mol. The second-order valence-electron chi connectivity index (χ2n) is 5.07. The van der Waals surface area contributed by atoms with Gasteiger partial charge in [0.2, 0.25) is 0 Å². The fraction of sp³-hybridized carbons (Fsp3) is 0.533. The summed E-state index contributed by atoms with van der Waals surface area (Å²) in [5.74, 6) is 1.39. The molecule has 0 amide bonds. The summed E-state index contributed by atoms with van der Waals surface area (Å²) in [6.07, 6.45) is 5.05. The minimum absolute atomic E-state index is 0.178. The summed E-state index contributed by atoms with van der Waals surface area (Å²) in [6, 6.07) is 8.59. The molecule has 1 atom stereocenters. The molecule has 1 aromatic carbocycles. The molecule has 0 radical (unpaired) electrons. The van der Waals surface area contributed by atoms with Crippen LogP contribution in [0, 0.1) is 12.8 Å². The highest BCUT2D eigenvalue weighted by atomic mass is 14.9. The molecule has 1 unspecified atom stereocenters. The third-order valence-electron chi connectivity index (χ3n) is 3.75. The molecule has 0 aromatic heterocycles. The van der Waals surface area contributed by atoms with Crippen molar-refractivity contribution in [2.24, 2.45) is 16.6 Å². The van der Waals surface area contributed by atoms with Crippen LogP contribution in [0.4, 0.5) is 0 Å². The first-order chi connectivity index (χ1) is 8.18. The largest absolute Gasteiger partial charge is 0.387 e. The molecule has 0 saturated heterocycles. The number of amidine groups is 1. The molecule has 2 N–H and O–H groups in total. The van der Waals surface area contributed by atoms with Gasteiger partial charge in [0.15, 0.2) is 0 Å². The van der Waals surface area contributed by atoms with Crippen molar-refractivity contribution in [3.05, 3.63) is 35.4 Å². The Morgan fingerprint density at radius 2 is 1.94 bits per heavy atom. The van der Waals surface area contributed by atoms with Crippen LogP contribution >= 0.6 is 0 Å². The van der Waals surface area contributed by atoms with E-state index in [1.807, 2.05) is 0 Å². The van der Waals surface area contributed by atoms with Crippen molar-refractivity contribution in [3.63, 3.8) is 0 Å². The van der Waals surface area contributed by atoms with Gasteiger partial charge in [0.1, 0.15) is 0 Å². The molecule has 1 aliphatic carbocycles. The molecule has 2 nitrogen and oxygen atoms in total. The molecule has 0 spiro atoms. The zero-order valence-electron chi connectivity index (χ0n) is 10.8. The number of nitrogens with zero attached hydrogens (tertiary/aromatic N) is 1. The van der Waals surface area contributed by atoms with Crippen LogP contribution in [0.2, 0.25) is 0 Å². The standard InChI is InChI=1S/C15H22N2/c1-11-7-3-6-10-14(11)12(2)17-15(16)13-8-4-5-9-13/h3,6-7,10,12-13H,4-5,8-9H2,1-2H3,(H2,16,17). The molecule has 0 aliphatic heterocycles. The van der Waals surface area contributed by atoms with E-state index in [-0.39, 0.29) is 6.04 Å². The van der Waals surface area contributed by atoms with E-state index in [2.05, 4.69) is 43.1 Å². The van der Waals surface area contributed by atoms with Crippen LogP contribution in [0.5, 0.6) is 0 Å². The Balaban J connectivity index is 2.12. The lowest BCUT2D eigenvalue weighted by atomic mass is 10.0. The zero-order valence-corrected chi connectivity index (χ0v) is 10.8. The van der Waals surface area contributed by atoms with Crippen LogP contribution in [-0.2, 0) is 0 Å². The smallest absolute Gasteiger partial charge is 0.0975 e. The lowest BCUT2D eigenvalue weighted by Gasteiger charge is -2.14. The van der Waals surface area contributed by atoms with E-state index in [4.69, 9.17) is 5.73 Å². The quantitative estimate of drug-likeness (QED) is 0.625. The molecule has 2 heteroatoms. The Bertz CT molecular complexity index is 403. The predicted octanol–water partition coefficient (Wildman–Crippen LogP) is 3.60. The van der Waals surface area contributed by atoms with Crippen molar-refractivity contribution < 1.29 is 0 Å². The van der Waals surface area contributed by atoms with Gasteiger partial charge in [0, 0.05) is 5.92 Å². The Kier molecular flexibility index (Phi) is 3.82. The van der Waals surface area contributed by atoms with Gasteiger partial charge in [-0.3, -0.25) is 4.99 Å². The van der Waals surface area contributed by atoms with Gasteiger partial charge in [-0.25, -0.2) is 0 Å². The monoisotopic (exact) mass is 230 g/mol. The van der Waals surface area contributed by atoms with Crippen LogP contribution in [0.25, 0.3) is 0 Å². The molecule has 1 aromatic rings. The van der Waals surface area contributed by atoms with E-state index >= 15 is 0 Å². The van der Waals surface area contributed by atoms with Gasteiger partial charge in [-0.05, 0) is 37.8 Å². The number of rotatable bonds is 3. The van der Waals surface area contributed by atoms with Gasteiger partial charge < -0.3 is 5.73 Å². The minimum atomic E-state index is 0.178. The van der Waals surface area contributed by atoms with Gasteiger partial charge in [0.05, 0.1) is 11.9 Å². The molecule has 0 bridgehead atoms. The zero-order chi connectivity index (χ0) is 12.3. The van der Waals surface area contributed by atoms with Crippen LogP contribution in [-0.4, -0.2) is 5.84 Å². The maximum absolute atomic E-state index is 6.12. The summed E-state index contributed by atoms with van der Waals surface area (Å²) in [5.41, 5.74) is 8.70. The van der Waals surface area contributed by atoms with Gasteiger partial charge in [-0.2, -0.15) is 0 Å². The topological polar surface area (TPSA) is 38.4 Å². The second kappa shape index (κ2) is 5.35. The van der Waals surface area contributed by atoms with E-state index in [9.17, 15) is 0 Å². The number of aryl methyl sites for hydroxylation is 1. The van der Waals surface area contributed by atoms with Crippen LogP contribution in [0.1, 0.15) is 49.8 Å². The molecule has 17 heavy (non-hydrogen) atoms. The average Bonchev–Trinajstić information content (AvgIpc) is 2.82. The Labute approximate surface area is 104 Å². The van der Waals surface area contributed by atoms with Gasteiger partial charge in [-0.1, -0.05) is 37.1 Å². The van der Waals surface area contributed by atoms with Crippen molar-refractivity contribution in [2.75, 3.05) is 0 Å². The normalized spacial score (nSPS) is 19.5. The van der Waals surface area contributed by atoms with E-state index in [1.165, 1.54) is 36.8 Å². The summed E-state index contributed by atoms with van der Waals surface area (Å²) in [6.45, 7) is 4.26. The fourth-order valence-corrected chi connectivity index (χ4v) is 2.68. The molecular weight excluding hydrogens is 208 g/mol. The van der Waals surface area contributed by atoms with Gasteiger partial charge in [-0.15, -0.1) is 0 Å². The van der Waals surface area contributed by atoms with E-state index < -0.39 is 0 Å². The molecular formula is C15H22N2. The minimum Gasteiger partial charge on any atom is -0.387 e. The van der Waals surface area contributed by atoms with Crippen LogP contribution in [0.15, 0.2) is 29.3 Å². The molecule has 92 valence electrons.